The first-order chi connectivity index (χ1) is 13.2. The van der Waals surface area contributed by atoms with Gasteiger partial charge in [0.1, 0.15) is 18.0 Å². The molecule has 3 aromatic heterocycles. The van der Waals surface area contributed by atoms with Crippen molar-refractivity contribution in [1.82, 2.24) is 19.9 Å². The Morgan fingerprint density at radius 1 is 1.19 bits per heavy atom. The van der Waals surface area contributed by atoms with Gasteiger partial charge in [-0.25, -0.2) is 15.0 Å². The fraction of sp³-hybridized carbons (Fsp3) is 0.158. The summed E-state index contributed by atoms with van der Waals surface area (Å²) in [6.45, 7) is 1.59. The third-order valence-corrected chi connectivity index (χ3v) is 5.70. The molecule has 0 fully saturated rings. The quantitative estimate of drug-likeness (QED) is 0.573. The van der Waals surface area contributed by atoms with Crippen molar-refractivity contribution in [2.24, 2.45) is 5.73 Å². The Hall–Kier alpha value is -3.26. The molecular formula is C19H16N6OS. The number of nitrogens with one attached hydrogen (secondary N) is 1. The molecule has 8 heteroatoms. The van der Waals surface area contributed by atoms with Gasteiger partial charge in [-0.1, -0.05) is 12.1 Å². The second-order valence-electron chi connectivity index (χ2n) is 6.46. The Bertz CT molecular complexity index is 1150. The highest BCUT2D eigenvalue weighted by Crippen LogP contribution is 2.31. The number of hydrogen-bond donors (Lipinski definition) is 2. The number of carbonyl (C=O) groups excluding carboxylic acids is 1. The number of amides is 1. The summed E-state index contributed by atoms with van der Waals surface area (Å²) in [6, 6.07) is 9.19. The first-order valence-corrected chi connectivity index (χ1v) is 9.48. The summed E-state index contributed by atoms with van der Waals surface area (Å²) in [4.78, 5) is 30.5. The summed E-state index contributed by atoms with van der Waals surface area (Å²) in [6.07, 6.45) is 2.47. The molecular weight excluding hydrogens is 360 g/mol. The number of primary amides is 1. The highest BCUT2D eigenvalue weighted by molar-refractivity contribution is 7.17. The van der Waals surface area contributed by atoms with E-state index in [1.165, 1.54) is 0 Å². The second kappa shape index (κ2) is 6.17. The van der Waals surface area contributed by atoms with Crippen LogP contribution in [0.1, 0.15) is 21.7 Å². The molecule has 0 saturated carbocycles. The van der Waals surface area contributed by atoms with Gasteiger partial charge in [0.05, 0.1) is 28.1 Å². The summed E-state index contributed by atoms with van der Waals surface area (Å²) < 4.78 is 1.11. The first-order valence-electron chi connectivity index (χ1n) is 8.60. The van der Waals surface area contributed by atoms with Crippen molar-refractivity contribution in [2.45, 2.75) is 13.0 Å². The molecule has 0 unspecified atom stereocenters. The van der Waals surface area contributed by atoms with E-state index in [1.807, 2.05) is 23.6 Å². The number of anilines is 1. The summed E-state index contributed by atoms with van der Waals surface area (Å²) in [5, 5.41) is 2.04. The van der Waals surface area contributed by atoms with E-state index >= 15 is 0 Å². The van der Waals surface area contributed by atoms with E-state index in [-0.39, 0.29) is 0 Å². The van der Waals surface area contributed by atoms with Gasteiger partial charge in [0, 0.05) is 24.1 Å². The predicted octanol–water partition coefficient (Wildman–Crippen LogP) is 2.74. The number of imidazole rings is 1. The molecule has 0 bridgehead atoms. The molecule has 0 spiro atoms. The Balaban J connectivity index is 1.45. The monoisotopic (exact) mass is 376 g/mol. The molecule has 3 N–H and O–H groups in total. The number of aromatic nitrogens is 4. The summed E-state index contributed by atoms with van der Waals surface area (Å²) in [7, 11) is 0. The molecule has 0 saturated heterocycles. The molecule has 1 aromatic carbocycles. The van der Waals surface area contributed by atoms with Crippen LogP contribution in [0, 0.1) is 0 Å². The lowest BCUT2D eigenvalue weighted by molar-refractivity contribution is 0.100. The zero-order chi connectivity index (χ0) is 18.4. The van der Waals surface area contributed by atoms with Crippen LogP contribution in [0.3, 0.4) is 0 Å². The standard InChI is InChI=1S/C19H16N6OS/c20-17(26)11-1-3-12(4-2-11)18-23-13-5-7-25(9-15(13)24-18)19-16-14(6-8-27-16)21-10-22-19/h1-4,6,8,10H,5,7,9H2,(H2,20,26)(H,23,24). The molecule has 4 heterocycles. The van der Waals surface area contributed by atoms with E-state index in [2.05, 4.69) is 19.9 Å². The largest absolute Gasteiger partial charge is 0.366 e. The summed E-state index contributed by atoms with van der Waals surface area (Å²) in [5.41, 5.74) is 9.89. The van der Waals surface area contributed by atoms with Crippen molar-refractivity contribution in [1.29, 1.82) is 0 Å². The third kappa shape index (κ3) is 2.74. The number of nitrogens with two attached hydrogens (primary N) is 1. The molecule has 7 nitrogen and oxygen atoms in total. The van der Waals surface area contributed by atoms with Gasteiger partial charge in [-0.05, 0) is 23.6 Å². The average molecular weight is 376 g/mol. The van der Waals surface area contributed by atoms with E-state index in [1.54, 1.807) is 29.8 Å². The number of hydrogen-bond acceptors (Lipinski definition) is 6. The predicted molar refractivity (Wildman–Crippen MR) is 105 cm³/mol. The maximum absolute atomic E-state index is 11.2. The van der Waals surface area contributed by atoms with Crippen molar-refractivity contribution in [3.63, 3.8) is 0 Å². The maximum Gasteiger partial charge on any atom is 0.248 e. The van der Waals surface area contributed by atoms with Gasteiger partial charge in [-0.15, -0.1) is 11.3 Å². The number of rotatable bonds is 3. The summed E-state index contributed by atoms with van der Waals surface area (Å²) in [5.74, 6) is 1.35. The fourth-order valence-corrected chi connectivity index (χ4v) is 4.27. The minimum Gasteiger partial charge on any atom is -0.366 e. The smallest absolute Gasteiger partial charge is 0.248 e. The van der Waals surface area contributed by atoms with Crippen LogP contribution in [0.15, 0.2) is 42.0 Å². The van der Waals surface area contributed by atoms with E-state index in [4.69, 9.17) is 10.7 Å². The van der Waals surface area contributed by atoms with Crippen LogP contribution >= 0.6 is 11.3 Å². The SMILES string of the molecule is NC(=O)c1ccc(-c2nc3c([nH]2)CN(c2ncnc4ccsc24)CC3)cc1. The zero-order valence-electron chi connectivity index (χ0n) is 14.3. The van der Waals surface area contributed by atoms with Gasteiger partial charge in [-0.2, -0.15) is 0 Å². The lowest BCUT2D eigenvalue weighted by Crippen LogP contribution is -2.31. The van der Waals surface area contributed by atoms with Crippen molar-refractivity contribution < 1.29 is 4.79 Å². The van der Waals surface area contributed by atoms with Crippen molar-refractivity contribution >= 4 is 33.3 Å². The van der Waals surface area contributed by atoms with Crippen LogP contribution in [0.25, 0.3) is 21.6 Å². The van der Waals surface area contributed by atoms with Crippen LogP contribution in [-0.2, 0) is 13.0 Å². The number of benzene rings is 1. The molecule has 1 aliphatic rings. The van der Waals surface area contributed by atoms with Crippen LogP contribution in [-0.4, -0.2) is 32.4 Å². The number of carbonyl (C=O) groups is 1. The van der Waals surface area contributed by atoms with Crippen LogP contribution in [0.2, 0.25) is 0 Å². The van der Waals surface area contributed by atoms with Crippen LogP contribution in [0.4, 0.5) is 5.82 Å². The van der Waals surface area contributed by atoms with Gasteiger partial charge >= 0.3 is 0 Å². The van der Waals surface area contributed by atoms with Gasteiger partial charge in [-0.3, -0.25) is 4.79 Å². The van der Waals surface area contributed by atoms with Crippen LogP contribution < -0.4 is 10.6 Å². The van der Waals surface area contributed by atoms with E-state index in [9.17, 15) is 4.79 Å². The number of fused-ring (bicyclic) bond motifs is 2. The third-order valence-electron chi connectivity index (χ3n) is 4.80. The number of thiophene rings is 1. The Morgan fingerprint density at radius 3 is 2.85 bits per heavy atom. The second-order valence-corrected chi connectivity index (χ2v) is 7.37. The first kappa shape index (κ1) is 16.0. The average Bonchev–Trinajstić information content (AvgIpc) is 3.34. The Kier molecular flexibility index (Phi) is 3.64. The van der Waals surface area contributed by atoms with E-state index in [0.29, 0.717) is 5.56 Å². The number of H-pyrrole nitrogens is 1. The highest BCUT2D eigenvalue weighted by atomic mass is 32.1. The minimum absolute atomic E-state index is 0.430. The molecule has 134 valence electrons. The maximum atomic E-state index is 11.2. The molecule has 1 aliphatic heterocycles. The molecule has 0 aliphatic carbocycles. The lowest BCUT2D eigenvalue weighted by Gasteiger charge is -2.27. The fourth-order valence-electron chi connectivity index (χ4n) is 3.40. The van der Waals surface area contributed by atoms with Gasteiger partial charge < -0.3 is 15.6 Å². The minimum atomic E-state index is -0.430. The summed E-state index contributed by atoms with van der Waals surface area (Å²) >= 11 is 1.66. The molecule has 4 aromatic rings. The number of nitrogens with zero attached hydrogens (tertiary/aromatic N) is 4. The molecule has 0 radical (unpaired) electrons. The highest BCUT2D eigenvalue weighted by Gasteiger charge is 2.23. The van der Waals surface area contributed by atoms with Crippen molar-refractivity contribution in [2.75, 3.05) is 11.4 Å². The van der Waals surface area contributed by atoms with Gasteiger partial charge in [0.15, 0.2) is 0 Å². The van der Waals surface area contributed by atoms with Crippen molar-refractivity contribution in [3.8, 4) is 11.4 Å². The number of aromatic amines is 1. The van der Waals surface area contributed by atoms with Gasteiger partial charge in [0.2, 0.25) is 5.91 Å². The Labute approximate surface area is 158 Å². The lowest BCUT2D eigenvalue weighted by atomic mass is 10.1. The molecule has 5 rings (SSSR count). The molecule has 0 atom stereocenters. The van der Waals surface area contributed by atoms with Crippen molar-refractivity contribution in [3.05, 3.63) is 59.0 Å². The molecule has 1 amide bonds. The zero-order valence-corrected chi connectivity index (χ0v) is 15.2. The Morgan fingerprint density at radius 2 is 2.04 bits per heavy atom. The van der Waals surface area contributed by atoms with E-state index < -0.39 is 5.91 Å². The van der Waals surface area contributed by atoms with Gasteiger partial charge in [0.25, 0.3) is 0 Å². The van der Waals surface area contributed by atoms with Crippen LogP contribution in [0.5, 0.6) is 0 Å². The molecule has 27 heavy (non-hydrogen) atoms. The topological polar surface area (TPSA) is 101 Å². The van der Waals surface area contributed by atoms with E-state index in [0.717, 1.165) is 58.3 Å². The normalized spacial score (nSPS) is 13.7.